The molecule has 0 saturated carbocycles. The molecule has 8 nitrogen and oxygen atoms in total. The number of hydrogen-bond acceptors (Lipinski definition) is 5. The van der Waals surface area contributed by atoms with Gasteiger partial charge in [0.15, 0.2) is 0 Å². The minimum atomic E-state index is -3.38. The minimum Gasteiger partial charge on any atom is -0.379 e. The molecule has 20 heavy (non-hydrogen) atoms. The lowest BCUT2D eigenvalue weighted by atomic mass is 10.4. The molecule has 9 heteroatoms. The highest BCUT2D eigenvalue weighted by atomic mass is 32.2. The Kier molecular flexibility index (Phi) is 5.10. The summed E-state index contributed by atoms with van der Waals surface area (Å²) in [7, 11) is -3.38. The number of ether oxygens (including phenoxy) is 1. The van der Waals surface area contributed by atoms with Crippen LogP contribution in [0.15, 0.2) is 12.3 Å². The summed E-state index contributed by atoms with van der Waals surface area (Å²) in [5.41, 5.74) is 0.773. The third kappa shape index (κ3) is 4.29. The first-order chi connectivity index (χ1) is 9.58. The molecule has 1 aromatic heterocycles. The van der Waals surface area contributed by atoms with Crippen LogP contribution in [0.5, 0.6) is 0 Å². The van der Waals surface area contributed by atoms with Crippen LogP contribution in [0.25, 0.3) is 0 Å². The Morgan fingerprint density at radius 2 is 2.20 bits per heavy atom. The Morgan fingerprint density at radius 1 is 1.45 bits per heavy atom. The van der Waals surface area contributed by atoms with Gasteiger partial charge in [-0.1, -0.05) is 0 Å². The lowest BCUT2D eigenvalue weighted by molar-refractivity contribution is -0.120. The zero-order valence-corrected chi connectivity index (χ0v) is 11.9. The number of aromatic nitrogens is 2. The second-order valence-corrected chi connectivity index (χ2v) is 6.52. The van der Waals surface area contributed by atoms with Gasteiger partial charge >= 0.3 is 0 Å². The lowest BCUT2D eigenvalue weighted by Crippen LogP contribution is -2.42. The number of amides is 1. The second kappa shape index (κ2) is 6.82. The zero-order valence-electron chi connectivity index (χ0n) is 11.0. The van der Waals surface area contributed by atoms with Gasteiger partial charge in [0, 0.05) is 25.7 Å². The van der Waals surface area contributed by atoms with Crippen LogP contribution >= 0.6 is 0 Å². The number of sulfonamides is 1. The van der Waals surface area contributed by atoms with Crippen molar-refractivity contribution in [2.45, 2.75) is 13.0 Å². The fourth-order valence-corrected chi connectivity index (χ4v) is 3.25. The van der Waals surface area contributed by atoms with Crippen LogP contribution in [0.2, 0.25) is 0 Å². The quantitative estimate of drug-likeness (QED) is 0.707. The number of rotatable bonds is 6. The van der Waals surface area contributed by atoms with E-state index >= 15 is 0 Å². The van der Waals surface area contributed by atoms with Crippen molar-refractivity contribution in [1.82, 2.24) is 19.8 Å². The van der Waals surface area contributed by atoms with Gasteiger partial charge in [-0.05, 0) is 6.07 Å². The van der Waals surface area contributed by atoms with E-state index in [-0.39, 0.29) is 18.1 Å². The fourth-order valence-electron chi connectivity index (χ4n) is 1.84. The Labute approximate surface area is 117 Å². The molecule has 1 amide bonds. The Morgan fingerprint density at radius 3 is 2.85 bits per heavy atom. The second-order valence-electron chi connectivity index (χ2n) is 4.44. The molecule has 1 aromatic rings. The Balaban J connectivity index is 1.74. The van der Waals surface area contributed by atoms with E-state index in [9.17, 15) is 13.2 Å². The van der Waals surface area contributed by atoms with Gasteiger partial charge in [-0.3, -0.25) is 9.89 Å². The summed E-state index contributed by atoms with van der Waals surface area (Å²) in [5.74, 6) is -0.474. The van der Waals surface area contributed by atoms with E-state index in [1.165, 1.54) is 4.31 Å². The van der Waals surface area contributed by atoms with Gasteiger partial charge in [0.1, 0.15) is 0 Å². The fraction of sp³-hybridized carbons (Fsp3) is 0.636. The highest BCUT2D eigenvalue weighted by Gasteiger charge is 2.24. The molecule has 1 saturated heterocycles. The molecule has 0 spiro atoms. The monoisotopic (exact) mass is 302 g/mol. The van der Waals surface area contributed by atoms with Crippen LogP contribution in [0.3, 0.4) is 0 Å². The van der Waals surface area contributed by atoms with Crippen molar-refractivity contribution in [3.8, 4) is 0 Å². The summed E-state index contributed by atoms with van der Waals surface area (Å²) in [4.78, 5) is 11.6. The average Bonchev–Trinajstić information content (AvgIpc) is 2.97. The third-order valence-corrected chi connectivity index (χ3v) is 4.86. The first-order valence-corrected chi connectivity index (χ1v) is 7.99. The van der Waals surface area contributed by atoms with E-state index in [1.54, 1.807) is 12.3 Å². The first-order valence-electron chi connectivity index (χ1n) is 6.38. The van der Waals surface area contributed by atoms with E-state index in [1.807, 2.05) is 0 Å². The van der Waals surface area contributed by atoms with Crippen molar-refractivity contribution in [3.63, 3.8) is 0 Å². The van der Waals surface area contributed by atoms with Gasteiger partial charge < -0.3 is 10.1 Å². The van der Waals surface area contributed by atoms with Crippen molar-refractivity contribution in [1.29, 1.82) is 0 Å². The standard InChI is InChI=1S/C11H18N4O4S/c16-11(12-9-10-1-3-13-14-10)2-8-20(17,18)15-4-6-19-7-5-15/h1,3H,2,4-9H2,(H,12,16)(H,13,14). The molecule has 2 heterocycles. The smallest absolute Gasteiger partial charge is 0.221 e. The maximum Gasteiger partial charge on any atom is 0.221 e. The molecular weight excluding hydrogens is 284 g/mol. The van der Waals surface area contributed by atoms with E-state index in [0.717, 1.165) is 5.69 Å². The molecular formula is C11H18N4O4S. The van der Waals surface area contributed by atoms with Crippen LogP contribution in [-0.4, -0.2) is 60.9 Å². The number of nitrogens with one attached hydrogen (secondary N) is 2. The van der Waals surface area contributed by atoms with Gasteiger partial charge in [0.25, 0.3) is 0 Å². The van der Waals surface area contributed by atoms with E-state index in [2.05, 4.69) is 15.5 Å². The predicted molar refractivity (Wildman–Crippen MR) is 71.2 cm³/mol. The van der Waals surface area contributed by atoms with Crippen molar-refractivity contribution < 1.29 is 17.9 Å². The summed E-state index contributed by atoms with van der Waals surface area (Å²) < 4.78 is 30.5. The molecule has 112 valence electrons. The minimum absolute atomic E-state index is 0.0478. The van der Waals surface area contributed by atoms with Gasteiger partial charge in [0.2, 0.25) is 15.9 Å². The summed E-state index contributed by atoms with van der Waals surface area (Å²) in [6.45, 7) is 1.85. The van der Waals surface area contributed by atoms with E-state index < -0.39 is 10.0 Å². The summed E-state index contributed by atoms with van der Waals surface area (Å²) in [6.07, 6.45) is 1.54. The van der Waals surface area contributed by atoms with Crippen molar-refractivity contribution in [3.05, 3.63) is 18.0 Å². The summed E-state index contributed by atoms with van der Waals surface area (Å²) >= 11 is 0. The maximum absolute atomic E-state index is 12.0. The van der Waals surface area contributed by atoms with E-state index in [4.69, 9.17) is 4.74 Å². The molecule has 2 N–H and O–H groups in total. The van der Waals surface area contributed by atoms with Gasteiger partial charge in [-0.15, -0.1) is 0 Å². The maximum atomic E-state index is 12.0. The SMILES string of the molecule is O=C(CCS(=O)(=O)N1CCOCC1)NCc1ccn[nH]1. The number of H-pyrrole nitrogens is 1. The van der Waals surface area contributed by atoms with Gasteiger partial charge in [-0.25, -0.2) is 8.42 Å². The van der Waals surface area contributed by atoms with Crippen LogP contribution in [0, 0.1) is 0 Å². The predicted octanol–water partition coefficient (Wildman–Crippen LogP) is -0.922. The molecule has 0 unspecified atom stereocenters. The normalized spacial score (nSPS) is 17.0. The number of nitrogens with zero attached hydrogens (tertiary/aromatic N) is 2. The number of carbonyl (C=O) groups excluding carboxylic acids is 1. The van der Waals surface area contributed by atoms with Crippen LogP contribution < -0.4 is 5.32 Å². The number of carbonyl (C=O) groups is 1. The highest BCUT2D eigenvalue weighted by molar-refractivity contribution is 7.89. The molecule has 0 bridgehead atoms. The molecule has 0 aliphatic carbocycles. The zero-order chi connectivity index (χ0) is 14.4. The number of aromatic amines is 1. The highest BCUT2D eigenvalue weighted by Crippen LogP contribution is 2.06. The largest absolute Gasteiger partial charge is 0.379 e. The summed E-state index contributed by atoms with van der Waals surface area (Å²) in [5, 5.41) is 9.11. The molecule has 0 radical (unpaired) electrons. The topological polar surface area (TPSA) is 104 Å². The van der Waals surface area contributed by atoms with E-state index in [0.29, 0.717) is 32.8 Å². The Hall–Kier alpha value is -1.45. The van der Waals surface area contributed by atoms with Crippen molar-refractivity contribution in [2.24, 2.45) is 0 Å². The average molecular weight is 302 g/mol. The number of hydrogen-bond donors (Lipinski definition) is 2. The molecule has 0 atom stereocenters. The molecule has 0 aromatic carbocycles. The lowest BCUT2D eigenvalue weighted by Gasteiger charge is -2.25. The Bertz CT molecular complexity index is 523. The third-order valence-electron chi connectivity index (χ3n) is 2.98. The molecule has 1 aliphatic rings. The molecule has 1 fully saturated rings. The first kappa shape index (κ1) is 14.9. The van der Waals surface area contributed by atoms with Gasteiger partial charge in [0.05, 0.1) is 31.2 Å². The van der Waals surface area contributed by atoms with Crippen LogP contribution in [0.4, 0.5) is 0 Å². The molecule has 2 rings (SSSR count). The van der Waals surface area contributed by atoms with Crippen molar-refractivity contribution >= 4 is 15.9 Å². The van der Waals surface area contributed by atoms with Gasteiger partial charge in [-0.2, -0.15) is 9.40 Å². The van der Waals surface area contributed by atoms with Crippen LogP contribution in [0.1, 0.15) is 12.1 Å². The van der Waals surface area contributed by atoms with Crippen LogP contribution in [-0.2, 0) is 26.1 Å². The van der Waals surface area contributed by atoms with Crippen molar-refractivity contribution in [2.75, 3.05) is 32.1 Å². The summed E-state index contributed by atoms with van der Waals surface area (Å²) in [6, 6.07) is 1.74. The number of morpholine rings is 1. The molecule has 1 aliphatic heterocycles.